The Morgan fingerprint density at radius 2 is 2.21 bits per heavy atom. The van der Waals surface area contributed by atoms with Crippen molar-refractivity contribution in [2.24, 2.45) is 0 Å². The average Bonchev–Trinajstić information content (AvgIpc) is 2.94. The summed E-state index contributed by atoms with van der Waals surface area (Å²) in [4.78, 5) is 7.43. The first-order valence-corrected chi connectivity index (χ1v) is 8.17. The largest absolute Gasteiger partial charge is 0.353 e. The first-order valence-electron chi connectivity index (χ1n) is 7.04. The number of benzene rings is 1. The zero-order valence-electron chi connectivity index (χ0n) is 11.3. The van der Waals surface area contributed by atoms with Gasteiger partial charge in [0.25, 0.3) is 0 Å². The van der Waals surface area contributed by atoms with Gasteiger partial charge >= 0.3 is 0 Å². The van der Waals surface area contributed by atoms with Crippen LogP contribution in [-0.2, 0) is 5.33 Å². The number of pyridine rings is 1. The van der Waals surface area contributed by atoms with Gasteiger partial charge in [0.2, 0.25) is 0 Å². The fourth-order valence-corrected chi connectivity index (χ4v) is 3.45. The van der Waals surface area contributed by atoms with Crippen molar-refractivity contribution in [1.29, 1.82) is 0 Å². The van der Waals surface area contributed by atoms with E-state index in [1.807, 2.05) is 0 Å². The predicted molar refractivity (Wildman–Crippen MR) is 85.0 cm³/mol. The molecule has 1 unspecified atom stereocenters. The van der Waals surface area contributed by atoms with E-state index in [0.29, 0.717) is 6.04 Å². The van der Waals surface area contributed by atoms with Crippen molar-refractivity contribution in [3.63, 3.8) is 0 Å². The Balaban J connectivity index is 2.10. The Kier molecular flexibility index (Phi) is 3.74. The quantitative estimate of drug-likeness (QED) is 0.774. The Morgan fingerprint density at radius 1 is 1.37 bits per heavy atom. The first kappa shape index (κ1) is 12.9. The highest BCUT2D eigenvalue weighted by atomic mass is 79.9. The molecule has 3 heteroatoms. The molecule has 3 rings (SSSR count). The number of nitrogens with zero attached hydrogens (tertiary/aromatic N) is 2. The van der Waals surface area contributed by atoms with E-state index in [0.717, 1.165) is 17.4 Å². The summed E-state index contributed by atoms with van der Waals surface area (Å²) in [7, 11) is 0. The van der Waals surface area contributed by atoms with Gasteiger partial charge in [-0.05, 0) is 31.4 Å². The third-order valence-electron chi connectivity index (χ3n) is 4.04. The number of para-hydroxylation sites is 1. The molecule has 0 spiro atoms. The van der Waals surface area contributed by atoms with Gasteiger partial charge < -0.3 is 4.90 Å². The molecule has 0 saturated carbocycles. The van der Waals surface area contributed by atoms with Gasteiger partial charge in [0.05, 0.1) is 5.52 Å². The summed E-state index contributed by atoms with van der Waals surface area (Å²) in [5, 5.41) is 2.10. The Hall–Kier alpha value is -1.09. The van der Waals surface area contributed by atoms with Crippen LogP contribution in [0.3, 0.4) is 0 Å². The third-order valence-corrected chi connectivity index (χ3v) is 4.65. The molecule has 1 saturated heterocycles. The molecule has 1 aliphatic heterocycles. The topological polar surface area (TPSA) is 16.1 Å². The molecule has 2 heterocycles. The van der Waals surface area contributed by atoms with Crippen molar-refractivity contribution in [2.45, 2.75) is 37.6 Å². The van der Waals surface area contributed by atoms with Gasteiger partial charge in [-0.1, -0.05) is 41.1 Å². The van der Waals surface area contributed by atoms with Gasteiger partial charge in [0, 0.05) is 28.9 Å². The highest BCUT2D eigenvalue weighted by Crippen LogP contribution is 2.31. The fourth-order valence-electron chi connectivity index (χ4n) is 3.04. The van der Waals surface area contributed by atoms with Gasteiger partial charge in [-0.25, -0.2) is 4.98 Å². The fraction of sp³-hybridized carbons (Fsp3) is 0.438. The molecule has 1 aliphatic rings. The molecule has 1 aromatic heterocycles. The molecule has 0 bridgehead atoms. The lowest BCUT2D eigenvalue weighted by Crippen LogP contribution is -2.30. The van der Waals surface area contributed by atoms with Crippen LogP contribution in [0.25, 0.3) is 10.9 Å². The van der Waals surface area contributed by atoms with Crippen LogP contribution in [0.4, 0.5) is 5.82 Å². The number of halogens is 1. The number of alkyl halides is 1. The smallest absolute Gasteiger partial charge is 0.133 e. The summed E-state index contributed by atoms with van der Waals surface area (Å²) in [5.74, 6) is 1.18. The molecule has 19 heavy (non-hydrogen) atoms. The molecular formula is C16H19BrN2. The van der Waals surface area contributed by atoms with Crippen LogP contribution in [0, 0.1) is 0 Å². The summed E-state index contributed by atoms with van der Waals surface area (Å²) in [6.45, 7) is 3.42. The highest BCUT2D eigenvalue weighted by molar-refractivity contribution is 9.08. The molecule has 2 aromatic rings. The number of aromatic nitrogens is 1. The number of fused-ring (bicyclic) bond motifs is 1. The van der Waals surface area contributed by atoms with Crippen LogP contribution in [0.5, 0.6) is 0 Å². The summed E-state index contributed by atoms with van der Waals surface area (Å²) in [6.07, 6.45) is 3.79. The number of hydrogen-bond acceptors (Lipinski definition) is 2. The summed E-state index contributed by atoms with van der Waals surface area (Å²) in [5.41, 5.74) is 2.41. The van der Waals surface area contributed by atoms with Crippen molar-refractivity contribution >= 4 is 32.7 Å². The van der Waals surface area contributed by atoms with E-state index >= 15 is 0 Å². The summed E-state index contributed by atoms with van der Waals surface area (Å²) in [6, 6.07) is 11.3. The maximum absolute atomic E-state index is 4.92. The van der Waals surface area contributed by atoms with Crippen LogP contribution >= 0.6 is 15.9 Å². The van der Waals surface area contributed by atoms with E-state index in [1.165, 1.54) is 36.0 Å². The van der Waals surface area contributed by atoms with E-state index < -0.39 is 0 Å². The molecule has 1 atom stereocenters. The molecule has 0 aliphatic carbocycles. The van der Waals surface area contributed by atoms with Crippen LogP contribution in [0.15, 0.2) is 30.3 Å². The van der Waals surface area contributed by atoms with Gasteiger partial charge in [0.1, 0.15) is 5.82 Å². The maximum atomic E-state index is 4.92. The Labute approximate surface area is 123 Å². The molecule has 0 radical (unpaired) electrons. The second-order valence-corrected chi connectivity index (χ2v) is 5.76. The standard InChI is InChI=1S/C16H19BrN2/c1-2-14-7-5-9-19(14)16-13(11-17)10-12-6-3-4-8-15(12)18-16/h3-4,6,8,10,14H,2,5,7,9,11H2,1H3. The third kappa shape index (κ3) is 2.36. The zero-order valence-corrected chi connectivity index (χ0v) is 12.9. The molecule has 2 nitrogen and oxygen atoms in total. The van der Waals surface area contributed by atoms with Gasteiger partial charge in [-0.15, -0.1) is 0 Å². The van der Waals surface area contributed by atoms with E-state index in [2.05, 4.69) is 58.1 Å². The normalized spacial score (nSPS) is 19.3. The molecule has 1 fully saturated rings. The first-order chi connectivity index (χ1) is 9.33. The van der Waals surface area contributed by atoms with Crippen molar-refractivity contribution < 1.29 is 0 Å². The minimum absolute atomic E-state index is 0.659. The Morgan fingerprint density at radius 3 is 3.00 bits per heavy atom. The maximum Gasteiger partial charge on any atom is 0.133 e. The predicted octanol–water partition coefficient (Wildman–Crippen LogP) is 4.51. The van der Waals surface area contributed by atoms with Gasteiger partial charge in [0.15, 0.2) is 0 Å². The van der Waals surface area contributed by atoms with Crippen molar-refractivity contribution in [3.05, 3.63) is 35.9 Å². The molecule has 0 N–H and O–H groups in total. The van der Waals surface area contributed by atoms with Crippen LogP contribution in [0.2, 0.25) is 0 Å². The molecule has 100 valence electrons. The monoisotopic (exact) mass is 318 g/mol. The van der Waals surface area contributed by atoms with Crippen molar-refractivity contribution in [2.75, 3.05) is 11.4 Å². The lowest BCUT2D eigenvalue weighted by atomic mass is 10.1. The summed E-state index contributed by atoms with van der Waals surface area (Å²) >= 11 is 3.62. The minimum atomic E-state index is 0.659. The molecule has 1 aromatic carbocycles. The Bertz CT molecular complexity index is 582. The summed E-state index contributed by atoms with van der Waals surface area (Å²) < 4.78 is 0. The van der Waals surface area contributed by atoms with Crippen molar-refractivity contribution in [1.82, 2.24) is 4.98 Å². The van der Waals surface area contributed by atoms with Crippen LogP contribution in [-0.4, -0.2) is 17.6 Å². The van der Waals surface area contributed by atoms with E-state index in [9.17, 15) is 0 Å². The van der Waals surface area contributed by atoms with Crippen LogP contribution in [0.1, 0.15) is 31.7 Å². The van der Waals surface area contributed by atoms with E-state index in [-0.39, 0.29) is 0 Å². The highest BCUT2D eigenvalue weighted by Gasteiger charge is 2.25. The van der Waals surface area contributed by atoms with Gasteiger partial charge in [-0.2, -0.15) is 0 Å². The minimum Gasteiger partial charge on any atom is -0.353 e. The second-order valence-electron chi connectivity index (χ2n) is 5.20. The van der Waals surface area contributed by atoms with Gasteiger partial charge in [-0.3, -0.25) is 0 Å². The van der Waals surface area contributed by atoms with E-state index in [1.54, 1.807) is 0 Å². The van der Waals surface area contributed by atoms with E-state index in [4.69, 9.17) is 4.98 Å². The van der Waals surface area contributed by atoms with Crippen molar-refractivity contribution in [3.8, 4) is 0 Å². The molecular weight excluding hydrogens is 300 g/mol. The number of hydrogen-bond donors (Lipinski definition) is 0. The SMILES string of the molecule is CCC1CCCN1c1nc2ccccc2cc1CBr. The second kappa shape index (κ2) is 5.49. The molecule has 0 amide bonds. The van der Waals surface area contributed by atoms with Crippen LogP contribution < -0.4 is 4.90 Å². The lowest BCUT2D eigenvalue weighted by Gasteiger charge is -2.27. The number of anilines is 1. The number of rotatable bonds is 3. The zero-order chi connectivity index (χ0) is 13.2. The average molecular weight is 319 g/mol. The lowest BCUT2D eigenvalue weighted by molar-refractivity contribution is 0.640.